The standard InChI is InChI=1S/C23H25F2NO4/c1-2-3-4-5-16-6-8-17(9-7-16)21(27)12-13-23(29)30-15-22(28)26-18-10-11-19(24)20(25)14-18/h6-11,14H,2-5,12-13,15H2,1H3,(H,26,28). The zero-order valence-corrected chi connectivity index (χ0v) is 16.9. The van der Waals surface area contributed by atoms with Crippen molar-refractivity contribution in [2.24, 2.45) is 0 Å². The molecule has 0 aliphatic rings. The minimum atomic E-state index is -1.10. The van der Waals surface area contributed by atoms with E-state index in [0.717, 1.165) is 31.4 Å². The number of carbonyl (C=O) groups is 3. The summed E-state index contributed by atoms with van der Waals surface area (Å²) in [5.41, 5.74) is 1.74. The molecule has 2 aromatic rings. The molecule has 0 bridgehead atoms. The van der Waals surface area contributed by atoms with Gasteiger partial charge >= 0.3 is 5.97 Å². The molecule has 0 aliphatic heterocycles. The Labute approximate surface area is 174 Å². The number of rotatable bonds is 11. The average molecular weight is 417 g/mol. The maximum Gasteiger partial charge on any atom is 0.306 e. The summed E-state index contributed by atoms with van der Waals surface area (Å²) in [5.74, 6) is -3.70. The Morgan fingerprint density at radius 3 is 2.33 bits per heavy atom. The van der Waals surface area contributed by atoms with Crippen LogP contribution in [0.2, 0.25) is 0 Å². The highest BCUT2D eigenvalue weighted by molar-refractivity contribution is 5.98. The van der Waals surface area contributed by atoms with E-state index in [4.69, 9.17) is 4.74 Å². The summed E-state index contributed by atoms with van der Waals surface area (Å²) in [6.07, 6.45) is 4.22. The van der Waals surface area contributed by atoms with Crippen molar-refractivity contribution >= 4 is 23.3 Å². The van der Waals surface area contributed by atoms with Crippen molar-refractivity contribution < 1.29 is 27.9 Å². The van der Waals surface area contributed by atoms with E-state index in [9.17, 15) is 23.2 Å². The third kappa shape index (κ3) is 7.73. The monoisotopic (exact) mass is 417 g/mol. The van der Waals surface area contributed by atoms with Crippen LogP contribution in [-0.2, 0) is 20.7 Å². The molecule has 0 aromatic heterocycles. The Balaban J connectivity index is 1.71. The molecule has 0 saturated heterocycles. The van der Waals surface area contributed by atoms with E-state index in [1.807, 2.05) is 12.1 Å². The number of aryl methyl sites for hydroxylation is 1. The van der Waals surface area contributed by atoms with Crippen LogP contribution in [0.25, 0.3) is 0 Å². The van der Waals surface area contributed by atoms with Gasteiger partial charge < -0.3 is 10.1 Å². The fourth-order valence-corrected chi connectivity index (χ4v) is 2.79. The summed E-state index contributed by atoms with van der Waals surface area (Å²) in [4.78, 5) is 35.7. The topological polar surface area (TPSA) is 72.5 Å². The minimum absolute atomic E-state index is 0.0290. The van der Waals surface area contributed by atoms with Gasteiger partial charge in [-0.05, 0) is 30.5 Å². The van der Waals surface area contributed by atoms with Gasteiger partial charge in [0, 0.05) is 23.7 Å². The summed E-state index contributed by atoms with van der Waals surface area (Å²) in [6.45, 7) is 1.56. The van der Waals surface area contributed by atoms with Gasteiger partial charge in [0.25, 0.3) is 5.91 Å². The lowest BCUT2D eigenvalue weighted by Crippen LogP contribution is -2.21. The number of anilines is 1. The number of benzene rings is 2. The van der Waals surface area contributed by atoms with Crippen molar-refractivity contribution in [3.05, 3.63) is 65.2 Å². The Hall–Kier alpha value is -3.09. The van der Waals surface area contributed by atoms with Gasteiger partial charge in [0.1, 0.15) is 0 Å². The van der Waals surface area contributed by atoms with Crippen molar-refractivity contribution in [1.29, 1.82) is 0 Å². The van der Waals surface area contributed by atoms with Gasteiger partial charge in [-0.1, -0.05) is 44.0 Å². The molecule has 5 nitrogen and oxygen atoms in total. The lowest BCUT2D eigenvalue weighted by Gasteiger charge is -2.07. The Morgan fingerprint density at radius 1 is 0.933 bits per heavy atom. The van der Waals surface area contributed by atoms with E-state index in [1.165, 1.54) is 18.1 Å². The van der Waals surface area contributed by atoms with Gasteiger partial charge in [0.2, 0.25) is 0 Å². The minimum Gasteiger partial charge on any atom is -0.456 e. The molecule has 2 aromatic carbocycles. The molecule has 1 amide bonds. The van der Waals surface area contributed by atoms with E-state index in [0.29, 0.717) is 5.56 Å². The van der Waals surface area contributed by atoms with E-state index in [2.05, 4.69) is 12.2 Å². The van der Waals surface area contributed by atoms with Crippen LogP contribution in [0.4, 0.5) is 14.5 Å². The van der Waals surface area contributed by atoms with Crippen LogP contribution in [0.5, 0.6) is 0 Å². The first-order valence-corrected chi connectivity index (χ1v) is 9.91. The third-order valence-corrected chi connectivity index (χ3v) is 4.47. The molecule has 7 heteroatoms. The second-order valence-corrected chi connectivity index (χ2v) is 6.91. The molecule has 0 unspecified atom stereocenters. The highest BCUT2D eigenvalue weighted by atomic mass is 19.2. The number of carbonyl (C=O) groups excluding carboxylic acids is 3. The van der Waals surface area contributed by atoms with Gasteiger partial charge in [-0.25, -0.2) is 8.78 Å². The van der Waals surface area contributed by atoms with Crippen molar-refractivity contribution in [3.8, 4) is 0 Å². The van der Waals surface area contributed by atoms with Crippen LogP contribution in [0.1, 0.15) is 54.9 Å². The molecule has 0 spiro atoms. The molecular weight excluding hydrogens is 392 g/mol. The summed E-state index contributed by atoms with van der Waals surface area (Å²) in [6, 6.07) is 10.2. The van der Waals surface area contributed by atoms with Gasteiger partial charge in [-0.2, -0.15) is 0 Å². The van der Waals surface area contributed by atoms with Crippen molar-refractivity contribution in [2.45, 2.75) is 45.4 Å². The lowest BCUT2D eigenvalue weighted by molar-refractivity contribution is -0.147. The number of hydrogen-bond donors (Lipinski definition) is 1. The molecular formula is C23H25F2NO4. The number of halogens is 2. The first-order chi connectivity index (χ1) is 14.4. The summed E-state index contributed by atoms with van der Waals surface area (Å²) in [5, 5.41) is 2.29. The first-order valence-electron chi connectivity index (χ1n) is 9.91. The lowest BCUT2D eigenvalue weighted by atomic mass is 10.0. The number of amides is 1. The van der Waals surface area contributed by atoms with Gasteiger partial charge in [0.05, 0.1) is 6.42 Å². The zero-order valence-electron chi connectivity index (χ0n) is 16.9. The molecule has 1 N–H and O–H groups in total. The van der Waals surface area contributed by atoms with E-state index < -0.39 is 30.1 Å². The largest absolute Gasteiger partial charge is 0.456 e. The van der Waals surface area contributed by atoms with Crippen LogP contribution in [-0.4, -0.2) is 24.3 Å². The van der Waals surface area contributed by atoms with E-state index in [1.54, 1.807) is 12.1 Å². The van der Waals surface area contributed by atoms with Crippen molar-refractivity contribution in [1.82, 2.24) is 0 Å². The SMILES string of the molecule is CCCCCc1ccc(C(=O)CCC(=O)OCC(=O)Nc2ccc(F)c(F)c2)cc1. The Kier molecular flexibility index (Phi) is 9.12. The Bertz CT molecular complexity index is 881. The number of ether oxygens (including phenoxy) is 1. The summed E-state index contributed by atoms with van der Waals surface area (Å²) in [7, 11) is 0. The molecule has 160 valence electrons. The molecule has 0 radical (unpaired) electrons. The van der Waals surface area contributed by atoms with Gasteiger partial charge in [0.15, 0.2) is 24.0 Å². The number of ketones is 1. The van der Waals surface area contributed by atoms with Gasteiger partial charge in [-0.3, -0.25) is 14.4 Å². The van der Waals surface area contributed by atoms with Crippen molar-refractivity contribution in [2.75, 3.05) is 11.9 Å². The van der Waals surface area contributed by atoms with Gasteiger partial charge in [-0.15, -0.1) is 0 Å². The number of nitrogens with one attached hydrogen (secondary N) is 1. The van der Waals surface area contributed by atoms with E-state index in [-0.39, 0.29) is 24.3 Å². The fraction of sp³-hybridized carbons (Fsp3) is 0.348. The highest BCUT2D eigenvalue weighted by Crippen LogP contribution is 2.13. The average Bonchev–Trinajstić information content (AvgIpc) is 2.74. The molecule has 2 rings (SSSR count). The number of esters is 1. The molecule has 0 heterocycles. The second-order valence-electron chi connectivity index (χ2n) is 6.91. The summed E-state index contributed by atoms with van der Waals surface area (Å²) < 4.78 is 30.8. The fourth-order valence-electron chi connectivity index (χ4n) is 2.79. The first kappa shape index (κ1) is 23.2. The Morgan fingerprint density at radius 2 is 1.67 bits per heavy atom. The van der Waals surface area contributed by atoms with Crippen LogP contribution in [0.15, 0.2) is 42.5 Å². The molecule has 0 aliphatic carbocycles. The molecule has 30 heavy (non-hydrogen) atoms. The number of hydrogen-bond acceptors (Lipinski definition) is 4. The van der Waals surface area contributed by atoms with Crippen LogP contribution < -0.4 is 5.32 Å². The van der Waals surface area contributed by atoms with Crippen LogP contribution in [0, 0.1) is 11.6 Å². The quantitative estimate of drug-likeness (QED) is 0.323. The predicted molar refractivity (Wildman–Crippen MR) is 109 cm³/mol. The zero-order chi connectivity index (χ0) is 21.9. The maximum atomic E-state index is 13.1. The molecule has 0 saturated carbocycles. The normalized spacial score (nSPS) is 10.5. The number of unbranched alkanes of at least 4 members (excludes halogenated alkanes) is 2. The van der Waals surface area contributed by atoms with Crippen molar-refractivity contribution in [3.63, 3.8) is 0 Å². The maximum absolute atomic E-state index is 13.1. The highest BCUT2D eigenvalue weighted by Gasteiger charge is 2.13. The molecule has 0 atom stereocenters. The van der Waals surface area contributed by atoms with E-state index >= 15 is 0 Å². The second kappa shape index (κ2) is 11.8. The van der Waals surface area contributed by atoms with Crippen LogP contribution >= 0.6 is 0 Å². The smallest absolute Gasteiger partial charge is 0.306 e. The summed E-state index contributed by atoms with van der Waals surface area (Å²) >= 11 is 0. The molecule has 0 fully saturated rings. The van der Waals surface area contributed by atoms with Crippen LogP contribution in [0.3, 0.4) is 0 Å². The third-order valence-electron chi connectivity index (χ3n) is 4.47. The predicted octanol–water partition coefficient (Wildman–Crippen LogP) is 4.84. The number of Topliss-reactive ketones (excluding diaryl/α,β-unsaturated/α-hetero) is 1.